The van der Waals surface area contributed by atoms with Crippen molar-refractivity contribution in [3.63, 3.8) is 0 Å². The molecule has 1 atom stereocenters. The Kier molecular flexibility index (Phi) is 5.69. The quantitative estimate of drug-likeness (QED) is 0.570. The van der Waals surface area contributed by atoms with Crippen LogP contribution < -0.4 is 0 Å². The molecule has 0 spiro atoms. The van der Waals surface area contributed by atoms with Gasteiger partial charge in [0.1, 0.15) is 0 Å². The molecular formula is C9H19N3. The van der Waals surface area contributed by atoms with E-state index in [1.54, 1.807) is 0 Å². The fraction of sp³-hybridized carbons (Fsp3) is 0.889. The monoisotopic (exact) mass is 169 g/mol. The van der Waals surface area contributed by atoms with E-state index in [1.165, 1.54) is 0 Å². The second-order valence-corrected chi connectivity index (χ2v) is 3.33. The zero-order valence-electron chi connectivity index (χ0n) is 8.54. The zero-order chi connectivity index (χ0) is 9.56. The van der Waals surface area contributed by atoms with Crippen LogP contribution in [0.1, 0.15) is 13.8 Å². The average molecular weight is 169 g/mol. The van der Waals surface area contributed by atoms with Crippen LogP contribution in [0.25, 0.3) is 0 Å². The maximum absolute atomic E-state index is 8.55. The lowest BCUT2D eigenvalue weighted by Crippen LogP contribution is -2.40. The van der Waals surface area contributed by atoms with Crippen LogP contribution in [-0.4, -0.2) is 49.6 Å². The molecule has 0 radical (unpaired) electrons. The summed E-state index contributed by atoms with van der Waals surface area (Å²) in [5.41, 5.74) is 0. The Morgan fingerprint density at radius 1 is 1.42 bits per heavy atom. The lowest BCUT2D eigenvalue weighted by molar-refractivity contribution is 0.200. The molecule has 0 saturated heterocycles. The van der Waals surface area contributed by atoms with E-state index in [1.807, 2.05) is 0 Å². The summed E-state index contributed by atoms with van der Waals surface area (Å²) >= 11 is 0. The lowest BCUT2D eigenvalue weighted by Gasteiger charge is -2.27. The van der Waals surface area contributed by atoms with Gasteiger partial charge in [-0.25, -0.2) is 0 Å². The van der Waals surface area contributed by atoms with E-state index in [2.05, 4.69) is 43.8 Å². The molecule has 70 valence electrons. The predicted octanol–water partition coefficient (Wildman–Crippen LogP) is 0.782. The fourth-order valence-electron chi connectivity index (χ4n) is 1.31. The molecule has 3 heteroatoms. The lowest BCUT2D eigenvalue weighted by atomic mass is 10.2. The minimum absolute atomic E-state index is 0.463. The summed E-state index contributed by atoms with van der Waals surface area (Å²) in [5, 5.41) is 8.55. The Morgan fingerprint density at radius 2 is 2.00 bits per heavy atom. The van der Waals surface area contributed by atoms with E-state index < -0.39 is 0 Å². The van der Waals surface area contributed by atoms with Gasteiger partial charge >= 0.3 is 0 Å². The molecule has 0 N–H and O–H groups in total. The Balaban J connectivity index is 3.86. The summed E-state index contributed by atoms with van der Waals surface area (Å²) in [7, 11) is 4.10. The molecule has 0 bridgehead atoms. The summed E-state index contributed by atoms with van der Waals surface area (Å²) in [6.07, 6.45) is 0. The van der Waals surface area contributed by atoms with Gasteiger partial charge in [-0.05, 0) is 27.6 Å². The molecular weight excluding hydrogens is 150 g/mol. The third-order valence-corrected chi connectivity index (χ3v) is 1.93. The molecule has 0 aromatic carbocycles. The minimum atomic E-state index is 0.463. The van der Waals surface area contributed by atoms with Crippen molar-refractivity contribution in [2.45, 2.75) is 19.9 Å². The largest absolute Gasteiger partial charge is 0.308 e. The third-order valence-electron chi connectivity index (χ3n) is 1.93. The number of hydrogen-bond donors (Lipinski definition) is 0. The van der Waals surface area contributed by atoms with Gasteiger partial charge in [-0.1, -0.05) is 6.92 Å². The van der Waals surface area contributed by atoms with E-state index in [4.69, 9.17) is 5.26 Å². The first-order valence-corrected chi connectivity index (χ1v) is 4.37. The van der Waals surface area contributed by atoms with Crippen molar-refractivity contribution in [3.8, 4) is 6.07 Å². The normalized spacial score (nSPS) is 13.4. The first-order valence-electron chi connectivity index (χ1n) is 4.37. The van der Waals surface area contributed by atoms with Crippen molar-refractivity contribution in [1.29, 1.82) is 5.26 Å². The maximum atomic E-state index is 8.55. The van der Waals surface area contributed by atoms with Crippen molar-refractivity contribution in [2.75, 3.05) is 33.7 Å². The predicted molar refractivity (Wildman–Crippen MR) is 50.9 cm³/mol. The van der Waals surface area contributed by atoms with Crippen LogP contribution in [0.2, 0.25) is 0 Å². The van der Waals surface area contributed by atoms with Crippen molar-refractivity contribution in [3.05, 3.63) is 0 Å². The van der Waals surface area contributed by atoms with Crippen molar-refractivity contribution in [2.24, 2.45) is 0 Å². The highest BCUT2D eigenvalue weighted by atomic mass is 15.2. The van der Waals surface area contributed by atoms with Gasteiger partial charge in [0.2, 0.25) is 0 Å². The van der Waals surface area contributed by atoms with E-state index in [9.17, 15) is 0 Å². The van der Waals surface area contributed by atoms with E-state index in [-0.39, 0.29) is 0 Å². The van der Waals surface area contributed by atoms with Crippen LogP contribution >= 0.6 is 0 Å². The van der Waals surface area contributed by atoms with E-state index in [0.29, 0.717) is 12.6 Å². The molecule has 0 aliphatic rings. The maximum Gasteiger partial charge on any atom is 0.0868 e. The first-order chi connectivity index (χ1) is 5.61. The molecule has 0 aliphatic carbocycles. The molecule has 0 aromatic rings. The molecule has 0 aliphatic heterocycles. The molecule has 0 heterocycles. The second-order valence-electron chi connectivity index (χ2n) is 3.33. The Bertz CT molecular complexity index is 148. The summed E-state index contributed by atoms with van der Waals surface area (Å²) in [4.78, 5) is 4.31. The highest BCUT2D eigenvalue weighted by molar-refractivity contribution is 4.79. The standard InChI is InChI=1S/C9H19N3/c1-5-12(7-6-10)9(2)8-11(3)4/h9H,5,7-8H2,1-4H3. The van der Waals surface area contributed by atoms with Gasteiger partial charge in [-0.3, -0.25) is 4.90 Å². The third kappa shape index (κ3) is 4.32. The van der Waals surface area contributed by atoms with Gasteiger partial charge < -0.3 is 4.90 Å². The Hall–Kier alpha value is -0.590. The molecule has 0 fully saturated rings. The van der Waals surface area contributed by atoms with Crippen LogP contribution in [0, 0.1) is 11.3 Å². The second kappa shape index (κ2) is 5.99. The number of hydrogen-bond acceptors (Lipinski definition) is 3. The highest BCUT2D eigenvalue weighted by Gasteiger charge is 2.11. The molecule has 0 saturated carbocycles. The van der Waals surface area contributed by atoms with Gasteiger partial charge in [-0.2, -0.15) is 5.26 Å². The van der Waals surface area contributed by atoms with Crippen molar-refractivity contribution < 1.29 is 0 Å². The SMILES string of the molecule is CCN(CC#N)C(C)CN(C)C. The number of nitrogens with zero attached hydrogens (tertiary/aromatic N) is 3. The first kappa shape index (κ1) is 11.4. The van der Waals surface area contributed by atoms with Crippen molar-refractivity contribution >= 4 is 0 Å². The van der Waals surface area contributed by atoms with Crippen LogP contribution in [0.3, 0.4) is 0 Å². The molecule has 3 nitrogen and oxygen atoms in total. The Labute approximate surface area is 75.6 Å². The summed E-state index contributed by atoms with van der Waals surface area (Å²) < 4.78 is 0. The van der Waals surface area contributed by atoms with Gasteiger partial charge in [0.25, 0.3) is 0 Å². The summed E-state index contributed by atoms with van der Waals surface area (Å²) in [5.74, 6) is 0. The summed E-state index contributed by atoms with van der Waals surface area (Å²) in [6, 6.07) is 2.64. The molecule has 0 amide bonds. The Morgan fingerprint density at radius 3 is 2.33 bits per heavy atom. The zero-order valence-corrected chi connectivity index (χ0v) is 8.54. The molecule has 0 aromatic heterocycles. The van der Waals surface area contributed by atoms with Gasteiger partial charge in [0.05, 0.1) is 12.6 Å². The number of likely N-dealkylation sites (N-methyl/N-ethyl adjacent to an activating group) is 2. The minimum Gasteiger partial charge on any atom is -0.308 e. The van der Waals surface area contributed by atoms with Gasteiger partial charge in [-0.15, -0.1) is 0 Å². The van der Waals surface area contributed by atoms with Crippen LogP contribution in [0.15, 0.2) is 0 Å². The molecule has 0 rings (SSSR count). The van der Waals surface area contributed by atoms with Crippen LogP contribution in [-0.2, 0) is 0 Å². The fourth-order valence-corrected chi connectivity index (χ4v) is 1.31. The smallest absolute Gasteiger partial charge is 0.0868 e. The van der Waals surface area contributed by atoms with Gasteiger partial charge in [0, 0.05) is 12.6 Å². The summed E-state index contributed by atoms with van der Waals surface area (Å²) in [6.45, 7) is 6.73. The number of rotatable bonds is 5. The average Bonchev–Trinajstić information content (AvgIpc) is 1.98. The van der Waals surface area contributed by atoms with Crippen LogP contribution in [0.5, 0.6) is 0 Å². The van der Waals surface area contributed by atoms with E-state index in [0.717, 1.165) is 13.1 Å². The molecule has 12 heavy (non-hydrogen) atoms. The number of nitriles is 1. The highest BCUT2D eigenvalue weighted by Crippen LogP contribution is 1.98. The van der Waals surface area contributed by atoms with Crippen molar-refractivity contribution in [1.82, 2.24) is 9.80 Å². The van der Waals surface area contributed by atoms with Crippen LogP contribution in [0.4, 0.5) is 0 Å². The van der Waals surface area contributed by atoms with E-state index >= 15 is 0 Å². The topological polar surface area (TPSA) is 30.3 Å². The van der Waals surface area contributed by atoms with Gasteiger partial charge in [0.15, 0.2) is 0 Å². The molecule has 1 unspecified atom stereocenters.